The molecule has 0 N–H and O–H groups in total. The van der Waals surface area contributed by atoms with E-state index in [-0.39, 0.29) is 17.1 Å². The van der Waals surface area contributed by atoms with Crippen molar-refractivity contribution in [3.8, 4) is 17.2 Å². The maximum absolute atomic E-state index is 13.1. The number of esters is 2. The summed E-state index contributed by atoms with van der Waals surface area (Å²) < 4.78 is 19.1. The van der Waals surface area contributed by atoms with E-state index in [0.717, 1.165) is 11.8 Å². The van der Waals surface area contributed by atoms with Crippen LogP contribution < -0.4 is 14.2 Å². The number of ether oxygens (including phenoxy) is 3. The molecule has 6 nitrogen and oxygen atoms in total. The van der Waals surface area contributed by atoms with E-state index in [9.17, 15) is 9.59 Å². The number of nitrogens with zero attached hydrogens (tertiary/aromatic N) is 1. The Bertz CT molecular complexity index is 999. The summed E-state index contributed by atoms with van der Waals surface area (Å²) >= 11 is 6.24. The van der Waals surface area contributed by atoms with Gasteiger partial charge in [0.1, 0.15) is 16.9 Å². The van der Waals surface area contributed by atoms with Crippen LogP contribution in [0.2, 0.25) is 0 Å². The number of carbonyl (C=O) groups excluding carboxylic acids is 2. The van der Waals surface area contributed by atoms with Crippen LogP contribution in [0.1, 0.15) is 53.5 Å². The van der Waals surface area contributed by atoms with Crippen LogP contribution in [-0.2, 0) is 16.0 Å². The van der Waals surface area contributed by atoms with E-state index >= 15 is 0 Å². The molecule has 2 aromatic rings. The first-order chi connectivity index (χ1) is 14.0. The van der Waals surface area contributed by atoms with Crippen LogP contribution in [0.15, 0.2) is 24.3 Å². The summed E-state index contributed by atoms with van der Waals surface area (Å²) in [6.07, 6.45) is 1.34. The first-order valence-electron chi connectivity index (χ1n) is 10.1. The summed E-state index contributed by atoms with van der Waals surface area (Å²) in [5, 5.41) is 1.45. The molecule has 0 aromatic heterocycles. The fourth-order valence-corrected chi connectivity index (χ4v) is 3.64. The molecular formula is C23H28ClNO5. The summed E-state index contributed by atoms with van der Waals surface area (Å²) in [5.41, 5.74) is -0.739. The third-order valence-electron chi connectivity index (χ3n) is 5.35. The highest BCUT2D eigenvalue weighted by Crippen LogP contribution is 2.50. The maximum atomic E-state index is 13.1. The molecule has 0 amide bonds. The van der Waals surface area contributed by atoms with Gasteiger partial charge in [-0.25, -0.2) is 9.21 Å². The molecule has 0 bridgehead atoms. The average Bonchev–Trinajstić information content (AvgIpc) is 2.68. The van der Waals surface area contributed by atoms with Crippen molar-refractivity contribution in [3.63, 3.8) is 0 Å². The lowest BCUT2D eigenvalue weighted by Crippen LogP contribution is -2.47. The number of halogens is 1. The number of rotatable bonds is 5. The Hall–Kier alpha value is -2.31. The Morgan fingerprint density at radius 1 is 1.17 bits per heavy atom. The lowest BCUT2D eigenvalue weighted by molar-refractivity contribution is -0.144. The molecule has 0 radical (unpaired) electrons. The van der Waals surface area contributed by atoms with E-state index in [0.29, 0.717) is 29.7 Å². The lowest BCUT2D eigenvalue weighted by Gasteiger charge is -2.35. The fourth-order valence-electron chi connectivity index (χ4n) is 3.57. The molecule has 0 fully saturated rings. The third kappa shape index (κ3) is 4.12. The molecule has 0 saturated heterocycles. The van der Waals surface area contributed by atoms with Crippen LogP contribution in [0.4, 0.5) is 0 Å². The molecule has 0 spiro atoms. The minimum Gasteiger partial charge on any atom is -0.487 e. The Balaban J connectivity index is 2.24. The molecule has 0 saturated carbocycles. The highest BCUT2D eigenvalue weighted by molar-refractivity contribution is 6.15. The van der Waals surface area contributed by atoms with Crippen LogP contribution in [0.25, 0.3) is 10.8 Å². The van der Waals surface area contributed by atoms with E-state index in [4.69, 9.17) is 26.0 Å². The van der Waals surface area contributed by atoms with Gasteiger partial charge in [0.15, 0.2) is 11.5 Å². The molecule has 0 atom stereocenters. The Labute approximate surface area is 182 Å². The maximum Gasteiger partial charge on any atom is 0.332 e. The highest BCUT2D eigenvalue weighted by atomic mass is 35.5. The highest BCUT2D eigenvalue weighted by Gasteiger charge is 2.39. The molecule has 7 heteroatoms. The van der Waals surface area contributed by atoms with Crippen molar-refractivity contribution in [3.05, 3.63) is 29.8 Å². The molecule has 0 unspecified atom stereocenters. The van der Waals surface area contributed by atoms with Crippen molar-refractivity contribution in [1.29, 1.82) is 0 Å². The van der Waals surface area contributed by atoms with E-state index in [2.05, 4.69) is 0 Å². The Morgan fingerprint density at radius 2 is 1.80 bits per heavy atom. The predicted octanol–water partition coefficient (Wildman–Crippen LogP) is 5.03. The summed E-state index contributed by atoms with van der Waals surface area (Å²) in [6, 6.07) is 7.46. The molecule has 162 valence electrons. The van der Waals surface area contributed by atoms with Crippen LogP contribution in [0, 0.1) is 0 Å². The molecular weight excluding hydrogens is 406 g/mol. The Kier molecular flexibility index (Phi) is 6.03. The van der Waals surface area contributed by atoms with Gasteiger partial charge in [0.05, 0.1) is 0 Å². The fraction of sp³-hybridized carbons (Fsp3) is 0.478. The molecule has 0 aliphatic carbocycles. The zero-order chi connectivity index (χ0) is 22.3. The standard InChI is InChI=1S/C23H28ClNO5/c1-7-25(24)23(5,6)21(27)29-20-17-12-13-22(3,4)30-18(17)15-10-8-9-11-16(15)19(20)28-14(2)26/h8-11H,7,12-13H2,1-6H3. The summed E-state index contributed by atoms with van der Waals surface area (Å²) in [4.78, 5) is 25.0. The number of fused-ring (bicyclic) bond motifs is 3. The van der Waals surface area contributed by atoms with Crippen molar-refractivity contribution in [1.82, 2.24) is 4.42 Å². The quantitative estimate of drug-likeness (QED) is 0.374. The molecule has 1 aliphatic heterocycles. The number of hydrogen-bond acceptors (Lipinski definition) is 6. The average molecular weight is 434 g/mol. The van der Waals surface area contributed by atoms with E-state index in [1.165, 1.54) is 11.3 Å². The van der Waals surface area contributed by atoms with E-state index < -0.39 is 17.5 Å². The molecule has 1 aliphatic rings. The van der Waals surface area contributed by atoms with E-state index in [1.807, 2.05) is 45.0 Å². The largest absolute Gasteiger partial charge is 0.487 e. The van der Waals surface area contributed by atoms with Crippen molar-refractivity contribution < 1.29 is 23.8 Å². The summed E-state index contributed by atoms with van der Waals surface area (Å²) in [6.45, 7) is 11.0. The molecule has 3 rings (SSSR count). The van der Waals surface area contributed by atoms with Gasteiger partial charge in [-0.15, -0.1) is 0 Å². The zero-order valence-electron chi connectivity index (χ0n) is 18.3. The van der Waals surface area contributed by atoms with Gasteiger partial charge >= 0.3 is 11.9 Å². The zero-order valence-corrected chi connectivity index (χ0v) is 19.1. The van der Waals surface area contributed by atoms with Gasteiger partial charge in [0.25, 0.3) is 0 Å². The molecule has 2 aromatic carbocycles. The van der Waals surface area contributed by atoms with Crippen molar-refractivity contribution >= 4 is 34.5 Å². The summed E-state index contributed by atoms with van der Waals surface area (Å²) in [7, 11) is 0. The predicted molar refractivity (Wildman–Crippen MR) is 116 cm³/mol. The van der Waals surface area contributed by atoms with Gasteiger partial charge < -0.3 is 14.2 Å². The first-order valence-corrected chi connectivity index (χ1v) is 10.4. The van der Waals surface area contributed by atoms with Gasteiger partial charge in [-0.05, 0) is 52.3 Å². The topological polar surface area (TPSA) is 65.1 Å². The first kappa shape index (κ1) is 22.4. The van der Waals surface area contributed by atoms with Crippen LogP contribution >= 0.6 is 11.8 Å². The van der Waals surface area contributed by atoms with Gasteiger partial charge in [-0.1, -0.05) is 31.2 Å². The SMILES string of the molecule is CCN(Cl)C(C)(C)C(=O)Oc1c2c(c3ccccc3c1OC(C)=O)OC(C)(C)CC2. The second kappa shape index (κ2) is 8.08. The number of hydrogen-bond donors (Lipinski definition) is 0. The molecule has 1 heterocycles. The monoisotopic (exact) mass is 433 g/mol. The van der Waals surface area contributed by atoms with E-state index in [1.54, 1.807) is 13.8 Å². The lowest BCUT2D eigenvalue weighted by atomic mass is 9.91. The minimum absolute atomic E-state index is 0.216. The van der Waals surface area contributed by atoms with Crippen molar-refractivity contribution in [2.24, 2.45) is 0 Å². The second-order valence-corrected chi connectivity index (χ2v) is 9.00. The van der Waals surface area contributed by atoms with Gasteiger partial charge in [-0.2, -0.15) is 0 Å². The number of benzene rings is 2. The van der Waals surface area contributed by atoms with Gasteiger partial charge in [0, 0.05) is 29.8 Å². The van der Waals surface area contributed by atoms with Crippen LogP contribution in [0.3, 0.4) is 0 Å². The second-order valence-electron chi connectivity index (χ2n) is 8.59. The number of likely N-dealkylation sites (N-methyl/N-ethyl adjacent to an activating group) is 1. The minimum atomic E-state index is -1.09. The van der Waals surface area contributed by atoms with Crippen LogP contribution in [0.5, 0.6) is 17.2 Å². The normalized spacial score (nSPS) is 15.5. The number of carbonyl (C=O) groups is 2. The van der Waals surface area contributed by atoms with Gasteiger partial charge in [0.2, 0.25) is 0 Å². The van der Waals surface area contributed by atoms with Gasteiger partial charge in [-0.3, -0.25) is 4.79 Å². The molecule has 30 heavy (non-hydrogen) atoms. The van der Waals surface area contributed by atoms with Crippen molar-refractivity contribution in [2.75, 3.05) is 6.54 Å². The van der Waals surface area contributed by atoms with Crippen molar-refractivity contribution in [2.45, 2.75) is 65.5 Å². The summed E-state index contributed by atoms with van der Waals surface area (Å²) in [5.74, 6) is 0.0449. The third-order valence-corrected chi connectivity index (χ3v) is 6.01. The Morgan fingerprint density at radius 3 is 2.40 bits per heavy atom. The smallest absolute Gasteiger partial charge is 0.332 e. The van der Waals surface area contributed by atoms with Crippen LogP contribution in [-0.4, -0.2) is 34.0 Å².